The Balaban J connectivity index is 1.71. The SMILES string of the molecule is C[C@H]1[C@H](NC(=O)c2ncc(Br)s2)C2CCN1CC2. The number of piperidine rings is 3. The van der Waals surface area contributed by atoms with Gasteiger partial charge in [0.05, 0.1) is 9.98 Å². The lowest BCUT2D eigenvalue weighted by atomic mass is 9.79. The average Bonchev–Trinajstić information content (AvgIpc) is 2.81. The summed E-state index contributed by atoms with van der Waals surface area (Å²) in [6.45, 7) is 4.58. The van der Waals surface area contributed by atoms with E-state index in [1.807, 2.05) is 0 Å². The Morgan fingerprint density at radius 2 is 2.28 bits per heavy atom. The Hall–Kier alpha value is -0.460. The highest BCUT2D eigenvalue weighted by Crippen LogP contribution is 2.32. The van der Waals surface area contributed by atoms with E-state index in [1.54, 1.807) is 6.20 Å². The molecule has 2 bridgehead atoms. The zero-order valence-corrected chi connectivity index (χ0v) is 12.6. The topological polar surface area (TPSA) is 45.2 Å². The molecule has 4 heterocycles. The van der Waals surface area contributed by atoms with E-state index < -0.39 is 0 Å². The summed E-state index contributed by atoms with van der Waals surface area (Å²) in [5.74, 6) is 0.605. The van der Waals surface area contributed by atoms with Gasteiger partial charge in [0.15, 0.2) is 5.01 Å². The number of fused-ring (bicyclic) bond motifs is 3. The Kier molecular flexibility index (Phi) is 3.42. The number of rotatable bonds is 2. The summed E-state index contributed by atoms with van der Waals surface area (Å²) in [5, 5.41) is 3.72. The van der Waals surface area contributed by atoms with Crippen LogP contribution in [0.4, 0.5) is 0 Å². The van der Waals surface area contributed by atoms with Gasteiger partial charge in [-0.25, -0.2) is 4.98 Å². The molecule has 1 aromatic rings. The number of nitrogens with one attached hydrogen (secondary N) is 1. The van der Waals surface area contributed by atoms with Crippen molar-refractivity contribution in [2.24, 2.45) is 5.92 Å². The molecule has 0 aliphatic carbocycles. The van der Waals surface area contributed by atoms with Crippen LogP contribution < -0.4 is 5.32 Å². The summed E-state index contributed by atoms with van der Waals surface area (Å²) in [5.41, 5.74) is 0. The van der Waals surface area contributed by atoms with Crippen molar-refractivity contribution >= 4 is 33.2 Å². The molecular formula is C12H16BrN3OS. The van der Waals surface area contributed by atoms with E-state index in [0.29, 0.717) is 17.0 Å². The van der Waals surface area contributed by atoms with Crippen molar-refractivity contribution in [3.63, 3.8) is 0 Å². The molecule has 3 aliphatic heterocycles. The first-order valence-electron chi connectivity index (χ1n) is 6.31. The normalized spacial score (nSPS) is 34.6. The van der Waals surface area contributed by atoms with Gasteiger partial charge in [-0.2, -0.15) is 0 Å². The van der Waals surface area contributed by atoms with Crippen LogP contribution in [-0.4, -0.2) is 41.0 Å². The number of carbonyl (C=O) groups excluding carboxylic acids is 1. The second-order valence-corrected chi connectivity index (χ2v) is 7.49. The molecule has 1 amide bonds. The summed E-state index contributed by atoms with van der Waals surface area (Å²) in [6, 6.07) is 0.729. The molecule has 3 saturated heterocycles. The largest absolute Gasteiger partial charge is 0.345 e. The van der Waals surface area contributed by atoms with Gasteiger partial charge >= 0.3 is 0 Å². The summed E-state index contributed by atoms with van der Waals surface area (Å²) >= 11 is 4.72. The molecule has 2 atom stereocenters. The third-order valence-corrected chi connectivity index (χ3v) is 5.62. The van der Waals surface area contributed by atoms with E-state index in [1.165, 1.54) is 37.3 Å². The number of hydrogen-bond donors (Lipinski definition) is 1. The van der Waals surface area contributed by atoms with Gasteiger partial charge in [0.2, 0.25) is 0 Å². The van der Waals surface area contributed by atoms with Crippen LogP contribution >= 0.6 is 27.3 Å². The Bertz CT molecular complexity index is 454. The fraction of sp³-hybridized carbons (Fsp3) is 0.667. The van der Waals surface area contributed by atoms with Gasteiger partial charge in [-0.3, -0.25) is 9.69 Å². The molecule has 0 unspecified atom stereocenters. The zero-order valence-electron chi connectivity index (χ0n) is 10.2. The van der Waals surface area contributed by atoms with E-state index in [0.717, 1.165) is 3.79 Å². The molecular weight excluding hydrogens is 314 g/mol. The van der Waals surface area contributed by atoms with E-state index in [9.17, 15) is 4.79 Å². The van der Waals surface area contributed by atoms with Crippen molar-refractivity contribution in [3.8, 4) is 0 Å². The molecule has 0 spiro atoms. The number of nitrogens with zero attached hydrogens (tertiary/aromatic N) is 2. The monoisotopic (exact) mass is 329 g/mol. The maximum atomic E-state index is 12.1. The van der Waals surface area contributed by atoms with Crippen LogP contribution in [0.5, 0.6) is 0 Å². The third kappa shape index (κ3) is 2.21. The van der Waals surface area contributed by atoms with Crippen LogP contribution in [0, 0.1) is 5.92 Å². The molecule has 0 radical (unpaired) electrons. The van der Waals surface area contributed by atoms with Crippen LogP contribution in [0.1, 0.15) is 29.6 Å². The third-order valence-electron chi connectivity index (χ3n) is 4.15. The molecule has 1 aromatic heterocycles. The number of aromatic nitrogens is 1. The molecule has 18 heavy (non-hydrogen) atoms. The van der Waals surface area contributed by atoms with Gasteiger partial charge < -0.3 is 5.32 Å². The highest BCUT2D eigenvalue weighted by atomic mass is 79.9. The van der Waals surface area contributed by atoms with Crippen molar-refractivity contribution in [1.29, 1.82) is 0 Å². The quantitative estimate of drug-likeness (QED) is 0.903. The fourth-order valence-electron chi connectivity index (χ4n) is 3.12. The van der Waals surface area contributed by atoms with Gasteiger partial charge in [-0.1, -0.05) is 0 Å². The van der Waals surface area contributed by atoms with Gasteiger partial charge in [0.1, 0.15) is 0 Å². The lowest BCUT2D eigenvalue weighted by Crippen LogP contribution is -2.62. The number of halogens is 1. The number of thiazole rings is 1. The van der Waals surface area contributed by atoms with Crippen LogP contribution in [-0.2, 0) is 0 Å². The molecule has 98 valence electrons. The van der Waals surface area contributed by atoms with Gasteiger partial charge in [-0.05, 0) is 54.7 Å². The Morgan fingerprint density at radius 3 is 2.83 bits per heavy atom. The summed E-state index contributed by atoms with van der Waals surface area (Å²) in [7, 11) is 0. The molecule has 0 aromatic carbocycles. The summed E-state index contributed by atoms with van der Waals surface area (Å²) in [6.07, 6.45) is 4.09. The standard InChI is InChI=1S/C12H16BrN3OS/c1-7-10(8-2-4-16(7)5-3-8)15-11(17)12-14-6-9(13)18-12/h6-8,10H,2-5H2,1H3,(H,15,17)/t7-,10-/m0/s1. The average molecular weight is 330 g/mol. The minimum Gasteiger partial charge on any atom is -0.345 e. The second kappa shape index (κ2) is 4.90. The zero-order chi connectivity index (χ0) is 12.7. The molecule has 3 aliphatic rings. The van der Waals surface area contributed by atoms with E-state index in [4.69, 9.17) is 0 Å². The van der Waals surface area contributed by atoms with Gasteiger partial charge in [0.25, 0.3) is 5.91 Å². The number of amides is 1. The Morgan fingerprint density at radius 1 is 1.56 bits per heavy atom. The predicted molar refractivity (Wildman–Crippen MR) is 74.8 cm³/mol. The smallest absolute Gasteiger partial charge is 0.280 e. The minimum absolute atomic E-state index is 0.0312. The first-order chi connectivity index (χ1) is 8.65. The fourth-order valence-corrected chi connectivity index (χ4v) is 4.23. The molecule has 0 saturated carbocycles. The lowest BCUT2D eigenvalue weighted by Gasteiger charge is -2.49. The number of carbonyl (C=O) groups is 1. The molecule has 4 rings (SSSR count). The van der Waals surface area contributed by atoms with E-state index >= 15 is 0 Å². The van der Waals surface area contributed by atoms with Crippen molar-refractivity contribution in [2.75, 3.05) is 13.1 Å². The summed E-state index contributed by atoms with van der Waals surface area (Å²) in [4.78, 5) is 18.7. The highest BCUT2D eigenvalue weighted by molar-refractivity contribution is 9.11. The summed E-state index contributed by atoms with van der Waals surface area (Å²) < 4.78 is 0.898. The maximum absolute atomic E-state index is 12.1. The molecule has 6 heteroatoms. The van der Waals surface area contributed by atoms with Crippen molar-refractivity contribution in [1.82, 2.24) is 15.2 Å². The van der Waals surface area contributed by atoms with Crippen LogP contribution in [0.3, 0.4) is 0 Å². The van der Waals surface area contributed by atoms with Crippen LogP contribution in [0.25, 0.3) is 0 Å². The van der Waals surface area contributed by atoms with Crippen molar-refractivity contribution < 1.29 is 4.79 Å². The van der Waals surface area contributed by atoms with Gasteiger partial charge in [-0.15, -0.1) is 11.3 Å². The van der Waals surface area contributed by atoms with Crippen LogP contribution in [0.15, 0.2) is 9.98 Å². The Labute approximate surface area is 119 Å². The van der Waals surface area contributed by atoms with Crippen molar-refractivity contribution in [3.05, 3.63) is 15.0 Å². The molecule has 4 nitrogen and oxygen atoms in total. The maximum Gasteiger partial charge on any atom is 0.280 e. The first kappa shape index (κ1) is 12.6. The van der Waals surface area contributed by atoms with E-state index in [2.05, 4.69) is 38.1 Å². The highest BCUT2D eigenvalue weighted by Gasteiger charge is 2.40. The van der Waals surface area contributed by atoms with E-state index in [-0.39, 0.29) is 11.9 Å². The second-order valence-electron chi connectivity index (χ2n) is 5.08. The number of hydrogen-bond acceptors (Lipinski definition) is 4. The minimum atomic E-state index is -0.0312. The van der Waals surface area contributed by atoms with Crippen molar-refractivity contribution in [2.45, 2.75) is 31.8 Å². The van der Waals surface area contributed by atoms with Gasteiger partial charge in [0, 0.05) is 12.1 Å². The lowest BCUT2D eigenvalue weighted by molar-refractivity contribution is 0.0217. The predicted octanol–water partition coefficient (Wildman–Crippen LogP) is 2.12. The molecule has 3 fully saturated rings. The van der Waals surface area contributed by atoms with Crippen LogP contribution in [0.2, 0.25) is 0 Å². The molecule has 1 N–H and O–H groups in total. The first-order valence-corrected chi connectivity index (χ1v) is 7.92.